The third-order valence-corrected chi connectivity index (χ3v) is 2.89. The summed E-state index contributed by atoms with van der Waals surface area (Å²) in [6, 6.07) is 5.85. The van der Waals surface area contributed by atoms with E-state index < -0.39 is 0 Å². The Hall–Kier alpha value is -1.03. The standard InChI is InChI=1S/C15H22ClNO2/c1-12(2)6-8-19-15-5-4-13(10-14(15)16)11-17-7-9-18-3/h4-5,10,17H,1,6-9,11H2,2-3H3. The van der Waals surface area contributed by atoms with Gasteiger partial charge in [-0.2, -0.15) is 0 Å². The molecule has 3 nitrogen and oxygen atoms in total. The molecule has 0 radical (unpaired) electrons. The molecule has 1 rings (SSSR count). The summed E-state index contributed by atoms with van der Waals surface area (Å²) in [6.07, 6.45) is 0.844. The van der Waals surface area contributed by atoms with Crippen LogP contribution in [0, 0.1) is 0 Å². The summed E-state index contributed by atoms with van der Waals surface area (Å²) in [7, 11) is 1.69. The Morgan fingerprint density at radius 3 is 2.79 bits per heavy atom. The number of nitrogens with one attached hydrogen (secondary N) is 1. The molecule has 0 heterocycles. The Bertz CT molecular complexity index is 407. The van der Waals surface area contributed by atoms with E-state index in [1.807, 2.05) is 25.1 Å². The molecule has 1 aromatic rings. The fraction of sp³-hybridized carbons (Fsp3) is 0.467. The van der Waals surface area contributed by atoms with Crippen LogP contribution in [0.25, 0.3) is 0 Å². The second kappa shape index (κ2) is 8.97. The third kappa shape index (κ3) is 6.62. The topological polar surface area (TPSA) is 30.5 Å². The lowest BCUT2D eigenvalue weighted by molar-refractivity contribution is 0.199. The number of methoxy groups -OCH3 is 1. The van der Waals surface area contributed by atoms with Crippen molar-refractivity contribution in [1.29, 1.82) is 0 Å². The molecule has 0 atom stereocenters. The quantitative estimate of drug-likeness (QED) is 0.556. The van der Waals surface area contributed by atoms with Gasteiger partial charge in [0.05, 0.1) is 18.2 Å². The van der Waals surface area contributed by atoms with E-state index in [0.29, 0.717) is 18.2 Å². The normalized spacial score (nSPS) is 10.5. The molecule has 1 aromatic carbocycles. The van der Waals surface area contributed by atoms with Crippen molar-refractivity contribution in [2.75, 3.05) is 26.9 Å². The van der Waals surface area contributed by atoms with Gasteiger partial charge < -0.3 is 14.8 Å². The molecule has 0 saturated carbocycles. The highest BCUT2D eigenvalue weighted by Crippen LogP contribution is 2.25. The predicted molar refractivity (Wildman–Crippen MR) is 80.0 cm³/mol. The molecule has 0 aromatic heterocycles. The lowest BCUT2D eigenvalue weighted by Crippen LogP contribution is -2.18. The molecule has 0 saturated heterocycles. The van der Waals surface area contributed by atoms with Crippen LogP contribution in [0.3, 0.4) is 0 Å². The number of halogens is 1. The number of hydrogen-bond donors (Lipinski definition) is 1. The van der Waals surface area contributed by atoms with Crippen molar-refractivity contribution < 1.29 is 9.47 Å². The highest BCUT2D eigenvalue weighted by Gasteiger charge is 2.03. The predicted octanol–water partition coefficient (Wildman–Crippen LogP) is 3.42. The minimum absolute atomic E-state index is 0.612. The Labute approximate surface area is 120 Å². The Morgan fingerprint density at radius 2 is 2.16 bits per heavy atom. The Balaban J connectivity index is 2.42. The molecule has 4 heteroatoms. The molecule has 106 valence electrons. The summed E-state index contributed by atoms with van der Waals surface area (Å²) in [6.45, 7) is 8.74. The zero-order valence-electron chi connectivity index (χ0n) is 11.7. The average molecular weight is 284 g/mol. The van der Waals surface area contributed by atoms with Gasteiger partial charge in [-0.05, 0) is 24.6 Å². The number of hydrogen-bond acceptors (Lipinski definition) is 3. The average Bonchev–Trinajstić information content (AvgIpc) is 2.37. The van der Waals surface area contributed by atoms with E-state index in [0.717, 1.165) is 36.4 Å². The van der Waals surface area contributed by atoms with Crippen LogP contribution in [0.5, 0.6) is 5.75 Å². The number of benzene rings is 1. The highest BCUT2D eigenvalue weighted by molar-refractivity contribution is 6.32. The summed E-state index contributed by atoms with van der Waals surface area (Å²) in [5, 5.41) is 3.92. The molecule has 0 aliphatic rings. The van der Waals surface area contributed by atoms with Crippen LogP contribution in [-0.2, 0) is 11.3 Å². The van der Waals surface area contributed by atoms with Crippen LogP contribution in [0.15, 0.2) is 30.4 Å². The first kappa shape index (κ1) is 16.0. The van der Waals surface area contributed by atoms with Crippen molar-refractivity contribution >= 4 is 11.6 Å². The first-order chi connectivity index (χ1) is 9.13. The summed E-state index contributed by atoms with van der Waals surface area (Å²) >= 11 is 6.18. The molecule has 0 spiro atoms. The summed E-state index contributed by atoms with van der Waals surface area (Å²) in [5.74, 6) is 0.726. The van der Waals surface area contributed by atoms with E-state index >= 15 is 0 Å². The van der Waals surface area contributed by atoms with E-state index in [1.54, 1.807) is 7.11 Å². The van der Waals surface area contributed by atoms with E-state index in [2.05, 4.69) is 11.9 Å². The summed E-state index contributed by atoms with van der Waals surface area (Å²) < 4.78 is 10.6. The van der Waals surface area contributed by atoms with Gasteiger partial charge in [0, 0.05) is 26.6 Å². The van der Waals surface area contributed by atoms with Gasteiger partial charge in [0.1, 0.15) is 5.75 Å². The zero-order chi connectivity index (χ0) is 14.1. The lowest BCUT2D eigenvalue weighted by Gasteiger charge is -2.10. The molecule has 0 bridgehead atoms. The Morgan fingerprint density at radius 1 is 1.37 bits per heavy atom. The van der Waals surface area contributed by atoms with Crippen molar-refractivity contribution in [1.82, 2.24) is 5.32 Å². The summed E-state index contributed by atoms with van der Waals surface area (Å²) in [4.78, 5) is 0. The summed E-state index contributed by atoms with van der Waals surface area (Å²) in [5.41, 5.74) is 2.24. The van der Waals surface area contributed by atoms with E-state index in [1.165, 1.54) is 0 Å². The van der Waals surface area contributed by atoms with Gasteiger partial charge in [0.25, 0.3) is 0 Å². The van der Waals surface area contributed by atoms with Crippen molar-refractivity contribution in [3.8, 4) is 5.75 Å². The fourth-order valence-electron chi connectivity index (χ4n) is 1.51. The molecule has 0 aliphatic carbocycles. The van der Waals surface area contributed by atoms with Crippen LogP contribution in [0.1, 0.15) is 18.9 Å². The smallest absolute Gasteiger partial charge is 0.137 e. The van der Waals surface area contributed by atoms with Crippen molar-refractivity contribution in [2.45, 2.75) is 19.9 Å². The van der Waals surface area contributed by atoms with Crippen LogP contribution in [-0.4, -0.2) is 26.9 Å². The minimum Gasteiger partial charge on any atom is -0.492 e. The maximum atomic E-state index is 6.18. The van der Waals surface area contributed by atoms with Crippen LogP contribution < -0.4 is 10.1 Å². The minimum atomic E-state index is 0.612. The largest absolute Gasteiger partial charge is 0.492 e. The maximum absolute atomic E-state index is 6.18. The first-order valence-electron chi connectivity index (χ1n) is 6.38. The Kier molecular flexibility index (Phi) is 7.56. The first-order valence-corrected chi connectivity index (χ1v) is 6.76. The van der Waals surface area contributed by atoms with Gasteiger partial charge in [0.15, 0.2) is 0 Å². The SMILES string of the molecule is C=C(C)CCOc1ccc(CNCCOC)cc1Cl. The van der Waals surface area contributed by atoms with Crippen molar-refractivity contribution in [3.05, 3.63) is 40.9 Å². The second-order valence-corrected chi connectivity index (χ2v) is 4.90. The molecular formula is C15H22ClNO2. The van der Waals surface area contributed by atoms with Gasteiger partial charge in [-0.3, -0.25) is 0 Å². The van der Waals surface area contributed by atoms with Gasteiger partial charge >= 0.3 is 0 Å². The van der Waals surface area contributed by atoms with Gasteiger partial charge in [-0.15, -0.1) is 6.58 Å². The number of rotatable bonds is 9. The number of ether oxygens (including phenoxy) is 2. The zero-order valence-corrected chi connectivity index (χ0v) is 12.4. The van der Waals surface area contributed by atoms with Crippen LogP contribution in [0.2, 0.25) is 5.02 Å². The van der Waals surface area contributed by atoms with E-state index in [9.17, 15) is 0 Å². The van der Waals surface area contributed by atoms with Crippen LogP contribution in [0.4, 0.5) is 0 Å². The molecule has 0 aliphatic heterocycles. The molecular weight excluding hydrogens is 262 g/mol. The molecule has 0 amide bonds. The monoisotopic (exact) mass is 283 g/mol. The van der Waals surface area contributed by atoms with Gasteiger partial charge in [0.2, 0.25) is 0 Å². The molecule has 19 heavy (non-hydrogen) atoms. The molecule has 0 unspecified atom stereocenters. The second-order valence-electron chi connectivity index (χ2n) is 4.49. The maximum Gasteiger partial charge on any atom is 0.137 e. The van der Waals surface area contributed by atoms with Gasteiger partial charge in [-0.1, -0.05) is 23.2 Å². The lowest BCUT2D eigenvalue weighted by atomic mass is 10.2. The van der Waals surface area contributed by atoms with Crippen molar-refractivity contribution in [3.63, 3.8) is 0 Å². The fourth-order valence-corrected chi connectivity index (χ4v) is 1.77. The highest BCUT2D eigenvalue weighted by atomic mass is 35.5. The van der Waals surface area contributed by atoms with Crippen molar-refractivity contribution in [2.24, 2.45) is 0 Å². The molecule has 1 N–H and O–H groups in total. The van der Waals surface area contributed by atoms with Gasteiger partial charge in [-0.25, -0.2) is 0 Å². The molecule has 0 fully saturated rings. The third-order valence-electron chi connectivity index (χ3n) is 2.59. The van der Waals surface area contributed by atoms with E-state index in [4.69, 9.17) is 21.1 Å². The van der Waals surface area contributed by atoms with E-state index in [-0.39, 0.29) is 0 Å². The van der Waals surface area contributed by atoms with Crippen LogP contribution >= 0.6 is 11.6 Å².